The summed E-state index contributed by atoms with van der Waals surface area (Å²) in [5.74, 6) is -0.246. The Kier molecular flexibility index (Phi) is 5.25. The van der Waals surface area contributed by atoms with Crippen LogP contribution in [0.2, 0.25) is 0 Å². The number of carbonyl (C=O) groups is 2. The van der Waals surface area contributed by atoms with Crippen molar-refractivity contribution in [1.29, 1.82) is 0 Å². The molecule has 6 nitrogen and oxygen atoms in total. The minimum Gasteiger partial charge on any atom is -0.484 e. The van der Waals surface area contributed by atoms with Gasteiger partial charge in [0.2, 0.25) is 0 Å². The van der Waals surface area contributed by atoms with Gasteiger partial charge >= 0.3 is 5.97 Å². The Morgan fingerprint density at radius 1 is 1.16 bits per heavy atom. The highest BCUT2D eigenvalue weighted by Gasteiger charge is 2.13. The molecule has 3 aromatic rings. The molecule has 0 aliphatic rings. The number of aromatic nitrogens is 1. The molecule has 3 rings (SSSR count). The Bertz CT molecular complexity index is 907. The maximum Gasteiger partial charge on any atom is 0.357 e. The Morgan fingerprint density at radius 3 is 2.76 bits per heavy atom. The maximum absolute atomic E-state index is 12.0. The number of nitrogens with zero attached hydrogens (tertiary/aromatic N) is 1. The number of fused-ring (bicyclic) bond motifs is 1. The molecule has 2 aromatic carbocycles. The van der Waals surface area contributed by atoms with Gasteiger partial charge in [0.05, 0.1) is 6.61 Å². The second-order valence-corrected chi connectivity index (χ2v) is 5.96. The van der Waals surface area contributed by atoms with Gasteiger partial charge in [-0.1, -0.05) is 30.3 Å². The van der Waals surface area contributed by atoms with E-state index in [0.717, 1.165) is 22.1 Å². The molecule has 0 atom stereocenters. The van der Waals surface area contributed by atoms with Crippen LogP contribution in [0.15, 0.2) is 47.8 Å². The first-order valence-electron chi connectivity index (χ1n) is 7.70. The Labute approximate surface area is 148 Å². The van der Waals surface area contributed by atoms with E-state index in [1.165, 1.54) is 5.38 Å². The van der Waals surface area contributed by atoms with Crippen LogP contribution in [0.25, 0.3) is 10.8 Å². The normalized spacial score (nSPS) is 10.4. The van der Waals surface area contributed by atoms with Gasteiger partial charge in [-0.2, -0.15) is 0 Å². The van der Waals surface area contributed by atoms with Crippen molar-refractivity contribution in [2.75, 3.05) is 18.5 Å². The highest BCUT2D eigenvalue weighted by molar-refractivity contribution is 7.14. The summed E-state index contributed by atoms with van der Waals surface area (Å²) in [6, 6.07) is 13.5. The van der Waals surface area contributed by atoms with Crippen molar-refractivity contribution in [3.63, 3.8) is 0 Å². The Hall–Kier alpha value is -2.93. The molecular formula is C18H16N2O4S. The van der Waals surface area contributed by atoms with Gasteiger partial charge in [0, 0.05) is 5.38 Å². The summed E-state index contributed by atoms with van der Waals surface area (Å²) in [5, 5.41) is 6.62. The van der Waals surface area contributed by atoms with Crippen LogP contribution in [0.3, 0.4) is 0 Å². The van der Waals surface area contributed by atoms with E-state index in [1.807, 2.05) is 42.5 Å². The summed E-state index contributed by atoms with van der Waals surface area (Å²) in [7, 11) is 0. The third-order valence-corrected chi connectivity index (χ3v) is 4.08. The molecule has 0 saturated heterocycles. The van der Waals surface area contributed by atoms with Crippen LogP contribution in [0.4, 0.5) is 5.13 Å². The average molecular weight is 356 g/mol. The first kappa shape index (κ1) is 16.9. The van der Waals surface area contributed by atoms with Crippen LogP contribution in [0.5, 0.6) is 5.75 Å². The molecule has 0 fully saturated rings. The molecule has 128 valence electrons. The SMILES string of the molecule is CCOC(=O)c1csc(NC(=O)COc2ccc3ccccc3c2)n1. The Morgan fingerprint density at radius 2 is 1.96 bits per heavy atom. The average Bonchev–Trinajstić information content (AvgIpc) is 3.08. The maximum atomic E-state index is 12.0. The monoisotopic (exact) mass is 356 g/mol. The van der Waals surface area contributed by atoms with Crippen molar-refractivity contribution >= 4 is 39.1 Å². The number of esters is 1. The predicted molar refractivity (Wildman–Crippen MR) is 96.1 cm³/mol. The molecule has 0 radical (unpaired) electrons. The number of hydrogen-bond acceptors (Lipinski definition) is 6. The fraction of sp³-hybridized carbons (Fsp3) is 0.167. The van der Waals surface area contributed by atoms with Crippen LogP contribution < -0.4 is 10.1 Å². The zero-order valence-electron chi connectivity index (χ0n) is 13.5. The van der Waals surface area contributed by atoms with Crippen molar-refractivity contribution in [1.82, 2.24) is 4.98 Å². The van der Waals surface area contributed by atoms with Crippen molar-refractivity contribution in [2.24, 2.45) is 0 Å². The first-order chi connectivity index (χ1) is 12.2. The van der Waals surface area contributed by atoms with Gasteiger partial charge in [0.25, 0.3) is 5.91 Å². The number of hydrogen-bond donors (Lipinski definition) is 1. The molecule has 1 aromatic heterocycles. The topological polar surface area (TPSA) is 77.5 Å². The quantitative estimate of drug-likeness (QED) is 0.684. The van der Waals surface area contributed by atoms with Crippen molar-refractivity contribution in [3.8, 4) is 5.75 Å². The van der Waals surface area contributed by atoms with E-state index in [4.69, 9.17) is 9.47 Å². The zero-order valence-corrected chi connectivity index (χ0v) is 14.3. The molecule has 0 unspecified atom stereocenters. The van der Waals surface area contributed by atoms with Gasteiger partial charge in [-0.15, -0.1) is 11.3 Å². The number of ether oxygens (including phenoxy) is 2. The lowest BCUT2D eigenvalue weighted by Gasteiger charge is -2.07. The van der Waals surface area contributed by atoms with Crippen LogP contribution in [0, 0.1) is 0 Å². The standard InChI is InChI=1S/C18H16N2O4S/c1-2-23-17(22)15-11-25-18(19-15)20-16(21)10-24-14-8-7-12-5-3-4-6-13(12)9-14/h3-9,11H,2,10H2,1H3,(H,19,20,21). The second kappa shape index (κ2) is 7.76. The van der Waals surface area contributed by atoms with E-state index in [2.05, 4.69) is 10.3 Å². The van der Waals surface area contributed by atoms with Gasteiger partial charge in [-0.3, -0.25) is 10.1 Å². The van der Waals surface area contributed by atoms with E-state index in [0.29, 0.717) is 10.9 Å². The molecule has 1 heterocycles. The second-order valence-electron chi connectivity index (χ2n) is 5.10. The number of nitrogens with one attached hydrogen (secondary N) is 1. The summed E-state index contributed by atoms with van der Waals surface area (Å²) < 4.78 is 10.4. The number of thiazole rings is 1. The smallest absolute Gasteiger partial charge is 0.357 e. The van der Waals surface area contributed by atoms with Gasteiger partial charge in [0.1, 0.15) is 5.75 Å². The van der Waals surface area contributed by atoms with Gasteiger partial charge in [-0.05, 0) is 29.8 Å². The van der Waals surface area contributed by atoms with E-state index in [1.54, 1.807) is 6.92 Å². The molecular weight excluding hydrogens is 340 g/mol. The number of benzene rings is 2. The van der Waals surface area contributed by atoms with Gasteiger partial charge in [0.15, 0.2) is 17.4 Å². The summed E-state index contributed by atoms with van der Waals surface area (Å²) in [5.41, 5.74) is 0.178. The third kappa shape index (κ3) is 4.33. The number of anilines is 1. The number of amides is 1. The molecule has 0 saturated carbocycles. The van der Waals surface area contributed by atoms with E-state index < -0.39 is 5.97 Å². The predicted octanol–water partition coefficient (Wildman–Crippen LogP) is 3.49. The van der Waals surface area contributed by atoms with E-state index >= 15 is 0 Å². The Balaban J connectivity index is 1.56. The lowest BCUT2D eigenvalue weighted by atomic mass is 10.1. The number of rotatable bonds is 6. The van der Waals surface area contributed by atoms with Crippen molar-refractivity contribution < 1.29 is 19.1 Å². The van der Waals surface area contributed by atoms with Crippen molar-refractivity contribution in [2.45, 2.75) is 6.92 Å². The molecule has 1 N–H and O–H groups in total. The lowest BCUT2D eigenvalue weighted by molar-refractivity contribution is -0.118. The summed E-state index contributed by atoms with van der Waals surface area (Å²) in [6.07, 6.45) is 0. The molecule has 7 heteroatoms. The highest BCUT2D eigenvalue weighted by atomic mass is 32.1. The van der Waals surface area contributed by atoms with E-state index in [-0.39, 0.29) is 24.8 Å². The van der Waals surface area contributed by atoms with Crippen LogP contribution in [-0.4, -0.2) is 30.1 Å². The number of carbonyl (C=O) groups excluding carboxylic acids is 2. The van der Waals surface area contributed by atoms with Crippen LogP contribution >= 0.6 is 11.3 Å². The zero-order chi connectivity index (χ0) is 17.6. The van der Waals surface area contributed by atoms with Gasteiger partial charge in [-0.25, -0.2) is 9.78 Å². The van der Waals surface area contributed by atoms with Crippen LogP contribution in [-0.2, 0) is 9.53 Å². The van der Waals surface area contributed by atoms with Crippen LogP contribution in [0.1, 0.15) is 17.4 Å². The van der Waals surface area contributed by atoms with Gasteiger partial charge < -0.3 is 9.47 Å². The largest absolute Gasteiger partial charge is 0.484 e. The molecule has 25 heavy (non-hydrogen) atoms. The molecule has 1 amide bonds. The summed E-state index contributed by atoms with van der Waals surface area (Å²) in [4.78, 5) is 27.5. The summed E-state index contributed by atoms with van der Waals surface area (Å²) in [6.45, 7) is 1.85. The van der Waals surface area contributed by atoms with E-state index in [9.17, 15) is 9.59 Å². The first-order valence-corrected chi connectivity index (χ1v) is 8.58. The fourth-order valence-electron chi connectivity index (χ4n) is 2.19. The molecule has 0 aliphatic carbocycles. The molecule has 0 bridgehead atoms. The molecule has 0 aliphatic heterocycles. The summed E-state index contributed by atoms with van der Waals surface area (Å²) >= 11 is 1.16. The third-order valence-electron chi connectivity index (χ3n) is 3.33. The molecule has 0 spiro atoms. The minimum atomic E-state index is -0.508. The lowest BCUT2D eigenvalue weighted by Crippen LogP contribution is -2.20. The van der Waals surface area contributed by atoms with Crippen molar-refractivity contribution in [3.05, 3.63) is 53.5 Å². The minimum absolute atomic E-state index is 0.146. The fourth-order valence-corrected chi connectivity index (χ4v) is 2.89. The highest BCUT2D eigenvalue weighted by Crippen LogP contribution is 2.21.